The molecule has 8 nitrogen and oxygen atoms in total. The van der Waals surface area contributed by atoms with Gasteiger partial charge in [0.2, 0.25) is 0 Å². The molecule has 1 aromatic carbocycles. The average Bonchev–Trinajstić information content (AvgIpc) is 3.35. The fourth-order valence-electron chi connectivity index (χ4n) is 3.71. The maximum atomic E-state index is 11.0. The van der Waals surface area contributed by atoms with Crippen molar-refractivity contribution in [3.63, 3.8) is 0 Å². The standard InChI is InChI=1S/C21H17N5O3/c27-11-12-8-23-21(24-9-12)20-19(16-5-6-22-10-18(16)29-20)25-14-2-3-15-13(7-14)1-4-17(15)26-28/h2-3,5-10,17,25,27H,1,4,11H2. The Bertz CT molecular complexity index is 1200. The molecule has 3 aromatic heterocycles. The Hall–Kier alpha value is -3.65. The lowest BCUT2D eigenvalue weighted by Crippen LogP contribution is -1.96. The van der Waals surface area contributed by atoms with Gasteiger partial charge in [-0.05, 0) is 42.2 Å². The third kappa shape index (κ3) is 3.03. The number of fused-ring (bicyclic) bond motifs is 2. The molecule has 144 valence electrons. The second-order valence-corrected chi connectivity index (χ2v) is 6.95. The average molecular weight is 387 g/mol. The van der Waals surface area contributed by atoms with E-state index in [9.17, 15) is 10.0 Å². The van der Waals surface area contributed by atoms with Crippen LogP contribution in [0.15, 0.2) is 58.6 Å². The van der Waals surface area contributed by atoms with E-state index in [1.807, 2.05) is 24.3 Å². The highest BCUT2D eigenvalue weighted by Crippen LogP contribution is 2.40. The molecule has 0 radical (unpaired) electrons. The summed E-state index contributed by atoms with van der Waals surface area (Å²) in [5, 5.41) is 16.7. The molecule has 8 heteroatoms. The van der Waals surface area contributed by atoms with Crippen molar-refractivity contribution in [2.45, 2.75) is 25.5 Å². The number of aliphatic hydroxyl groups is 1. The molecule has 1 aliphatic carbocycles. The van der Waals surface area contributed by atoms with Gasteiger partial charge in [-0.2, -0.15) is 4.91 Å². The topological polar surface area (TPSA) is 114 Å². The van der Waals surface area contributed by atoms with Crippen molar-refractivity contribution in [2.24, 2.45) is 5.18 Å². The number of nitrogens with one attached hydrogen (secondary N) is 1. The van der Waals surface area contributed by atoms with Crippen molar-refractivity contribution in [3.05, 3.63) is 70.7 Å². The highest BCUT2D eigenvalue weighted by Gasteiger charge is 2.24. The van der Waals surface area contributed by atoms with Gasteiger partial charge in [0, 0.05) is 35.2 Å². The third-order valence-corrected chi connectivity index (χ3v) is 5.17. The Morgan fingerprint density at radius 1 is 1.21 bits per heavy atom. The van der Waals surface area contributed by atoms with Crippen LogP contribution < -0.4 is 5.32 Å². The summed E-state index contributed by atoms with van der Waals surface area (Å²) in [5.41, 5.74) is 4.98. The maximum Gasteiger partial charge on any atom is 0.197 e. The Morgan fingerprint density at radius 2 is 2.07 bits per heavy atom. The van der Waals surface area contributed by atoms with E-state index in [2.05, 4.69) is 25.4 Å². The largest absolute Gasteiger partial charge is 0.449 e. The van der Waals surface area contributed by atoms with Crippen molar-refractivity contribution >= 4 is 22.3 Å². The van der Waals surface area contributed by atoms with E-state index in [0.717, 1.165) is 40.7 Å². The number of furan rings is 1. The Balaban J connectivity index is 1.58. The van der Waals surface area contributed by atoms with Gasteiger partial charge in [0.1, 0.15) is 6.04 Å². The van der Waals surface area contributed by atoms with Crippen LogP contribution >= 0.6 is 0 Å². The zero-order chi connectivity index (χ0) is 19.8. The fraction of sp³-hybridized carbons (Fsp3) is 0.190. The molecule has 0 bridgehead atoms. The van der Waals surface area contributed by atoms with Crippen molar-refractivity contribution in [1.29, 1.82) is 0 Å². The molecule has 1 atom stereocenters. The molecule has 0 aliphatic heterocycles. The summed E-state index contributed by atoms with van der Waals surface area (Å²) < 4.78 is 5.99. The van der Waals surface area contributed by atoms with E-state index in [1.165, 1.54) is 0 Å². The Labute approximate surface area is 165 Å². The molecule has 0 saturated heterocycles. The summed E-state index contributed by atoms with van der Waals surface area (Å²) in [5.74, 6) is 0.901. The molecular weight excluding hydrogens is 370 g/mol. The molecule has 3 heterocycles. The van der Waals surface area contributed by atoms with Crippen LogP contribution in [-0.2, 0) is 13.0 Å². The van der Waals surface area contributed by atoms with Gasteiger partial charge < -0.3 is 14.8 Å². The van der Waals surface area contributed by atoms with Crippen LogP contribution in [0.25, 0.3) is 22.6 Å². The number of aliphatic hydroxyl groups excluding tert-OH is 1. The third-order valence-electron chi connectivity index (χ3n) is 5.17. The Morgan fingerprint density at radius 3 is 2.86 bits per heavy atom. The van der Waals surface area contributed by atoms with Gasteiger partial charge in [0.25, 0.3) is 0 Å². The SMILES string of the molecule is O=NC1CCc2cc(Nc3c(-c4ncc(CO)cn4)oc4cnccc34)ccc21. The van der Waals surface area contributed by atoms with E-state index < -0.39 is 0 Å². The van der Waals surface area contributed by atoms with Crippen LogP contribution in [0.5, 0.6) is 0 Å². The van der Waals surface area contributed by atoms with Crippen molar-refractivity contribution < 1.29 is 9.52 Å². The van der Waals surface area contributed by atoms with E-state index >= 15 is 0 Å². The number of aromatic nitrogens is 3. The minimum Gasteiger partial charge on any atom is -0.449 e. The smallest absolute Gasteiger partial charge is 0.197 e. The van der Waals surface area contributed by atoms with Gasteiger partial charge in [0.05, 0.1) is 18.5 Å². The lowest BCUT2D eigenvalue weighted by molar-refractivity contribution is 0.281. The molecule has 0 saturated carbocycles. The van der Waals surface area contributed by atoms with Crippen LogP contribution in [0.2, 0.25) is 0 Å². The summed E-state index contributed by atoms with van der Waals surface area (Å²) in [6.07, 6.45) is 8.06. The minimum absolute atomic E-state index is 0.124. The minimum atomic E-state index is -0.256. The van der Waals surface area contributed by atoms with Gasteiger partial charge >= 0.3 is 0 Å². The lowest BCUT2D eigenvalue weighted by atomic mass is 10.1. The molecule has 0 spiro atoms. The quantitative estimate of drug-likeness (QED) is 0.491. The molecule has 0 amide bonds. The summed E-state index contributed by atoms with van der Waals surface area (Å²) in [4.78, 5) is 23.8. The van der Waals surface area contributed by atoms with Gasteiger partial charge in [-0.15, -0.1) is 0 Å². The van der Waals surface area contributed by atoms with Crippen LogP contribution in [0, 0.1) is 4.91 Å². The first-order chi connectivity index (χ1) is 14.3. The maximum absolute atomic E-state index is 11.0. The van der Waals surface area contributed by atoms with E-state index in [1.54, 1.807) is 24.8 Å². The van der Waals surface area contributed by atoms with Crippen LogP contribution in [0.4, 0.5) is 11.4 Å². The van der Waals surface area contributed by atoms with Crippen molar-refractivity contribution in [2.75, 3.05) is 5.32 Å². The molecule has 2 N–H and O–H groups in total. The molecule has 0 fully saturated rings. The predicted octanol–water partition coefficient (Wildman–Crippen LogP) is 4.27. The molecule has 29 heavy (non-hydrogen) atoms. The van der Waals surface area contributed by atoms with Crippen LogP contribution in [-0.4, -0.2) is 20.1 Å². The summed E-state index contributed by atoms with van der Waals surface area (Å²) in [7, 11) is 0. The van der Waals surface area contributed by atoms with Gasteiger partial charge in [0.15, 0.2) is 17.2 Å². The number of nitroso groups, excluding NO2 is 1. The zero-order valence-corrected chi connectivity index (χ0v) is 15.4. The summed E-state index contributed by atoms with van der Waals surface area (Å²) in [6.45, 7) is -0.124. The normalized spacial score (nSPS) is 15.4. The molecular formula is C21H17N5O3. The first kappa shape index (κ1) is 17.4. The Kier molecular flexibility index (Phi) is 4.25. The first-order valence-corrected chi connectivity index (χ1v) is 9.28. The number of rotatable bonds is 5. The number of pyridine rings is 1. The van der Waals surface area contributed by atoms with Crippen LogP contribution in [0.3, 0.4) is 0 Å². The van der Waals surface area contributed by atoms with Crippen molar-refractivity contribution in [1.82, 2.24) is 15.0 Å². The number of hydrogen-bond donors (Lipinski definition) is 2. The van der Waals surface area contributed by atoms with Gasteiger partial charge in [-0.1, -0.05) is 11.2 Å². The van der Waals surface area contributed by atoms with E-state index in [4.69, 9.17) is 4.42 Å². The van der Waals surface area contributed by atoms with E-state index in [-0.39, 0.29) is 12.6 Å². The zero-order valence-electron chi connectivity index (χ0n) is 15.4. The monoisotopic (exact) mass is 387 g/mol. The summed E-state index contributed by atoms with van der Waals surface area (Å²) >= 11 is 0. The predicted molar refractivity (Wildman–Crippen MR) is 108 cm³/mol. The summed E-state index contributed by atoms with van der Waals surface area (Å²) in [6, 6.07) is 7.54. The fourth-order valence-corrected chi connectivity index (χ4v) is 3.71. The number of benzene rings is 1. The van der Waals surface area contributed by atoms with E-state index in [0.29, 0.717) is 22.7 Å². The van der Waals surface area contributed by atoms with Gasteiger partial charge in [-0.25, -0.2) is 9.97 Å². The highest BCUT2D eigenvalue weighted by atomic mass is 16.3. The van der Waals surface area contributed by atoms with Crippen LogP contribution in [0.1, 0.15) is 29.2 Å². The molecule has 1 aliphatic rings. The first-order valence-electron chi connectivity index (χ1n) is 9.28. The number of aryl methyl sites for hydroxylation is 1. The second-order valence-electron chi connectivity index (χ2n) is 6.95. The van der Waals surface area contributed by atoms with Gasteiger partial charge in [-0.3, -0.25) is 4.98 Å². The van der Waals surface area contributed by atoms with Crippen molar-refractivity contribution in [3.8, 4) is 11.6 Å². The molecule has 1 unspecified atom stereocenters. The number of hydrogen-bond acceptors (Lipinski definition) is 8. The molecule has 4 aromatic rings. The number of anilines is 2. The second kappa shape index (κ2) is 7.06. The lowest BCUT2D eigenvalue weighted by Gasteiger charge is -2.10. The highest BCUT2D eigenvalue weighted by molar-refractivity contribution is 5.99. The molecule has 5 rings (SSSR count). The number of nitrogens with zero attached hydrogens (tertiary/aromatic N) is 4.